The minimum absolute atomic E-state index is 0.0951. The number of rotatable bonds is 7. The zero-order valence-corrected chi connectivity index (χ0v) is 16.1. The predicted molar refractivity (Wildman–Crippen MR) is 103 cm³/mol. The average molecular weight is 394 g/mol. The molecule has 25 heavy (non-hydrogen) atoms. The molecule has 0 unspecified atom stereocenters. The molecule has 2 heterocycles. The van der Waals surface area contributed by atoms with E-state index in [2.05, 4.69) is 4.72 Å². The summed E-state index contributed by atoms with van der Waals surface area (Å²) in [4.78, 5) is 1.43. The SMILES string of the molecule is Cc1cccc(CS(=O)(=O)NCC(O)(c2cccs2)c2cccs2)c1. The maximum absolute atomic E-state index is 12.5. The van der Waals surface area contributed by atoms with Gasteiger partial charge in [0.1, 0.15) is 5.60 Å². The lowest BCUT2D eigenvalue weighted by atomic mass is 10.0. The van der Waals surface area contributed by atoms with Gasteiger partial charge in [-0.2, -0.15) is 0 Å². The van der Waals surface area contributed by atoms with Crippen LogP contribution in [0.5, 0.6) is 0 Å². The number of hydrogen-bond donors (Lipinski definition) is 2. The molecule has 0 aliphatic carbocycles. The molecule has 2 aromatic heterocycles. The van der Waals surface area contributed by atoms with Crippen molar-refractivity contribution in [3.8, 4) is 0 Å². The average Bonchev–Trinajstić information content (AvgIpc) is 3.26. The van der Waals surface area contributed by atoms with Gasteiger partial charge in [-0.3, -0.25) is 0 Å². The van der Waals surface area contributed by atoms with Crippen LogP contribution in [0.4, 0.5) is 0 Å². The highest BCUT2D eigenvalue weighted by atomic mass is 32.2. The monoisotopic (exact) mass is 393 g/mol. The van der Waals surface area contributed by atoms with E-state index in [0.29, 0.717) is 9.75 Å². The van der Waals surface area contributed by atoms with E-state index < -0.39 is 15.6 Å². The van der Waals surface area contributed by atoms with E-state index in [4.69, 9.17) is 0 Å². The zero-order chi connectivity index (χ0) is 17.9. The molecule has 4 nitrogen and oxygen atoms in total. The van der Waals surface area contributed by atoms with Crippen molar-refractivity contribution in [1.82, 2.24) is 4.72 Å². The minimum Gasteiger partial charge on any atom is -0.377 e. The number of thiophene rings is 2. The second-order valence-electron chi connectivity index (χ2n) is 5.88. The van der Waals surface area contributed by atoms with E-state index >= 15 is 0 Å². The van der Waals surface area contributed by atoms with Crippen molar-refractivity contribution in [3.05, 3.63) is 80.2 Å². The Bertz CT molecular complexity index is 882. The Morgan fingerprint density at radius 2 is 1.68 bits per heavy atom. The Labute approximate surface area is 155 Å². The number of aliphatic hydroxyl groups is 1. The highest BCUT2D eigenvalue weighted by molar-refractivity contribution is 7.88. The molecule has 0 saturated carbocycles. The van der Waals surface area contributed by atoms with Crippen LogP contribution in [0.25, 0.3) is 0 Å². The molecule has 3 rings (SSSR count). The van der Waals surface area contributed by atoms with E-state index in [9.17, 15) is 13.5 Å². The van der Waals surface area contributed by atoms with E-state index in [1.54, 1.807) is 6.07 Å². The van der Waals surface area contributed by atoms with Crippen molar-refractivity contribution >= 4 is 32.7 Å². The van der Waals surface area contributed by atoms with Crippen LogP contribution < -0.4 is 4.72 Å². The van der Waals surface area contributed by atoms with Crippen LogP contribution in [-0.4, -0.2) is 20.1 Å². The molecule has 0 fully saturated rings. The summed E-state index contributed by atoms with van der Waals surface area (Å²) < 4.78 is 27.5. The smallest absolute Gasteiger partial charge is 0.215 e. The zero-order valence-electron chi connectivity index (χ0n) is 13.7. The number of hydrogen-bond acceptors (Lipinski definition) is 5. The number of aryl methyl sites for hydroxylation is 1. The molecule has 0 radical (unpaired) electrons. The largest absolute Gasteiger partial charge is 0.377 e. The summed E-state index contributed by atoms with van der Waals surface area (Å²) in [6.07, 6.45) is 0. The molecular formula is C18H19NO3S3. The van der Waals surface area contributed by atoms with Crippen molar-refractivity contribution in [2.24, 2.45) is 0 Å². The number of nitrogens with one attached hydrogen (secondary N) is 1. The third-order valence-corrected chi connectivity index (χ3v) is 7.18. The predicted octanol–water partition coefficient (Wildman–Crippen LogP) is 3.47. The van der Waals surface area contributed by atoms with Crippen molar-refractivity contribution in [1.29, 1.82) is 0 Å². The normalized spacial score (nSPS) is 12.4. The summed E-state index contributed by atoms with van der Waals surface area (Å²) in [7, 11) is -3.57. The topological polar surface area (TPSA) is 66.4 Å². The van der Waals surface area contributed by atoms with Gasteiger partial charge in [0.15, 0.2) is 0 Å². The highest BCUT2D eigenvalue weighted by Crippen LogP contribution is 2.35. The lowest BCUT2D eigenvalue weighted by Gasteiger charge is -2.26. The van der Waals surface area contributed by atoms with Gasteiger partial charge in [-0.05, 0) is 35.4 Å². The first-order chi connectivity index (χ1) is 11.9. The molecule has 132 valence electrons. The molecule has 2 N–H and O–H groups in total. The standard InChI is InChI=1S/C18H19NO3S3/c1-14-5-2-6-15(11-14)12-25(21,22)19-13-18(20,16-7-3-9-23-16)17-8-4-10-24-17/h2-11,19-20H,12-13H2,1H3. The second-order valence-corrected chi connectivity index (χ2v) is 9.59. The van der Waals surface area contributed by atoms with Gasteiger partial charge in [0.25, 0.3) is 0 Å². The lowest BCUT2D eigenvalue weighted by molar-refractivity contribution is 0.0937. The summed E-state index contributed by atoms with van der Waals surface area (Å²) in [6, 6.07) is 14.7. The van der Waals surface area contributed by atoms with Gasteiger partial charge in [0.2, 0.25) is 10.0 Å². The Balaban J connectivity index is 1.79. The Hall–Kier alpha value is -1.51. The molecule has 0 saturated heterocycles. The minimum atomic E-state index is -3.57. The summed E-state index contributed by atoms with van der Waals surface area (Å²) in [5, 5.41) is 14.9. The summed E-state index contributed by atoms with van der Waals surface area (Å²) in [5.74, 6) is -0.111. The Morgan fingerprint density at radius 3 is 2.20 bits per heavy atom. The third kappa shape index (κ3) is 4.37. The highest BCUT2D eigenvalue weighted by Gasteiger charge is 2.35. The first-order valence-corrected chi connectivity index (χ1v) is 11.1. The van der Waals surface area contributed by atoms with Crippen molar-refractivity contribution < 1.29 is 13.5 Å². The molecule has 0 bridgehead atoms. The van der Waals surface area contributed by atoms with Crippen LogP contribution in [0.1, 0.15) is 20.9 Å². The van der Waals surface area contributed by atoms with Crippen LogP contribution in [-0.2, 0) is 21.4 Å². The van der Waals surface area contributed by atoms with Crippen LogP contribution in [0.15, 0.2) is 59.3 Å². The first kappa shape index (κ1) is 18.3. The van der Waals surface area contributed by atoms with Crippen LogP contribution in [0.2, 0.25) is 0 Å². The number of benzene rings is 1. The van der Waals surface area contributed by atoms with Crippen molar-refractivity contribution in [3.63, 3.8) is 0 Å². The van der Waals surface area contributed by atoms with Crippen LogP contribution in [0.3, 0.4) is 0 Å². The Kier molecular flexibility index (Phi) is 5.41. The fourth-order valence-corrected chi connectivity index (χ4v) is 5.50. The second kappa shape index (κ2) is 7.39. The molecule has 7 heteroatoms. The van der Waals surface area contributed by atoms with Gasteiger partial charge in [-0.15, -0.1) is 22.7 Å². The summed E-state index contributed by atoms with van der Waals surface area (Å²) in [6.45, 7) is 1.83. The molecule has 0 atom stereocenters. The van der Waals surface area contributed by atoms with Gasteiger partial charge in [0, 0.05) is 16.3 Å². The van der Waals surface area contributed by atoms with Crippen LogP contribution in [0, 0.1) is 6.92 Å². The fourth-order valence-electron chi connectivity index (χ4n) is 2.61. The van der Waals surface area contributed by atoms with E-state index in [1.807, 2.05) is 60.1 Å². The number of sulfonamides is 1. The Morgan fingerprint density at radius 1 is 1.04 bits per heavy atom. The molecule has 1 aromatic carbocycles. The first-order valence-electron chi connectivity index (χ1n) is 7.72. The maximum atomic E-state index is 12.5. The molecule has 0 spiro atoms. The lowest BCUT2D eigenvalue weighted by Crippen LogP contribution is -2.41. The molecule has 0 amide bonds. The molecular weight excluding hydrogens is 374 g/mol. The quantitative estimate of drug-likeness (QED) is 0.646. The van der Waals surface area contributed by atoms with Gasteiger partial charge in [0.05, 0.1) is 5.75 Å². The third-order valence-electron chi connectivity index (χ3n) is 3.84. The molecule has 0 aliphatic rings. The van der Waals surface area contributed by atoms with Crippen molar-refractivity contribution in [2.75, 3.05) is 6.54 Å². The summed E-state index contributed by atoms with van der Waals surface area (Å²) >= 11 is 2.81. The maximum Gasteiger partial charge on any atom is 0.215 e. The van der Waals surface area contributed by atoms with E-state index in [0.717, 1.165) is 11.1 Å². The van der Waals surface area contributed by atoms with Gasteiger partial charge in [-0.1, -0.05) is 42.0 Å². The van der Waals surface area contributed by atoms with Crippen molar-refractivity contribution in [2.45, 2.75) is 18.3 Å². The molecule has 3 aromatic rings. The van der Waals surface area contributed by atoms with E-state index in [-0.39, 0.29) is 12.3 Å². The molecule has 0 aliphatic heterocycles. The summed E-state index contributed by atoms with van der Waals surface area (Å²) in [5.41, 5.74) is 0.381. The van der Waals surface area contributed by atoms with Crippen LogP contribution >= 0.6 is 22.7 Å². The van der Waals surface area contributed by atoms with Gasteiger partial charge in [-0.25, -0.2) is 13.1 Å². The van der Waals surface area contributed by atoms with Gasteiger partial charge >= 0.3 is 0 Å². The fraction of sp³-hybridized carbons (Fsp3) is 0.222. The van der Waals surface area contributed by atoms with Gasteiger partial charge < -0.3 is 5.11 Å². The van der Waals surface area contributed by atoms with E-state index in [1.165, 1.54) is 22.7 Å².